The van der Waals surface area contributed by atoms with Crippen LogP contribution < -0.4 is 0 Å². The van der Waals surface area contributed by atoms with Crippen LogP contribution in [0.4, 0.5) is 0 Å². The fraction of sp³-hybridized carbons (Fsp3) is 0.955. The van der Waals surface area contributed by atoms with Gasteiger partial charge < -0.3 is 9.64 Å². The fourth-order valence-electron chi connectivity index (χ4n) is 6.99. The van der Waals surface area contributed by atoms with Crippen molar-refractivity contribution in [3.63, 3.8) is 0 Å². The average molecular weight is 348 g/mol. The predicted molar refractivity (Wildman–Crippen MR) is 100 cm³/mol. The van der Waals surface area contributed by atoms with E-state index in [4.69, 9.17) is 4.74 Å². The van der Waals surface area contributed by atoms with Gasteiger partial charge in [0.15, 0.2) is 0 Å². The number of piperidine rings is 1. The molecule has 2 heterocycles. The minimum atomic E-state index is 0.120. The number of carbonyl (C=O) groups is 1. The molecule has 0 radical (unpaired) electrons. The third-order valence-corrected chi connectivity index (χ3v) is 8.44. The minimum Gasteiger partial charge on any atom is -0.462 e. The average Bonchev–Trinajstić information content (AvgIpc) is 2.89. The first-order valence-corrected chi connectivity index (χ1v) is 11.0. The summed E-state index contributed by atoms with van der Waals surface area (Å²) in [4.78, 5) is 15.0. The van der Waals surface area contributed by atoms with Crippen LogP contribution in [0.2, 0.25) is 0 Å². The van der Waals surface area contributed by atoms with Gasteiger partial charge in [-0.1, -0.05) is 25.7 Å². The molecule has 8 atom stereocenters. The highest BCUT2D eigenvalue weighted by atomic mass is 16.6. The van der Waals surface area contributed by atoms with E-state index in [9.17, 15) is 4.79 Å². The van der Waals surface area contributed by atoms with Crippen molar-refractivity contribution in [2.75, 3.05) is 7.05 Å². The lowest BCUT2D eigenvalue weighted by Gasteiger charge is -2.48. The molecule has 0 aromatic heterocycles. The van der Waals surface area contributed by atoms with E-state index in [1.807, 2.05) is 0 Å². The van der Waals surface area contributed by atoms with Gasteiger partial charge in [-0.3, -0.25) is 4.79 Å². The highest BCUT2D eigenvalue weighted by molar-refractivity contribution is 5.75. The lowest BCUT2D eigenvalue weighted by atomic mass is 9.56. The van der Waals surface area contributed by atoms with E-state index in [1.54, 1.807) is 0 Å². The topological polar surface area (TPSA) is 29.5 Å². The molecule has 0 aromatic rings. The molecule has 25 heavy (non-hydrogen) atoms. The molecule has 142 valence electrons. The summed E-state index contributed by atoms with van der Waals surface area (Å²) in [6, 6.07) is 1.48. The largest absolute Gasteiger partial charge is 0.462 e. The second-order valence-corrected chi connectivity index (χ2v) is 9.61. The van der Waals surface area contributed by atoms with Gasteiger partial charge in [-0.2, -0.15) is 0 Å². The number of fused-ring (bicyclic) bond motifs is 2. The summed E-state index contributed by atoms with van der Waals surface area (Å²) in [7, 11) is 2.33. The van der Waals surface area contributed by atoms with Gasteiger partial charge in [0.1, 0.15) is 6.10 Å². The van der Waals surface area contributed by atoms with Crippen molar-refractivity contribution in [2.45, 2.75) is 96.2 Å². The summed E-state index contributed by atoms with van der Waals surface area (Å²) >= 11 is 0. The van der Waals surface area contributed by atoms with E-state index in [0.29, 0.717) is 5.92 Å². The van der Waals surface area contributed by atoms with Crippen molar-refractivity contribution in [3.8, 4) is 0 Å². The van der Waals surface area contributed by atoms with Crippen LogP contribution in [0.3, 0.4) is 0 Å². The summed E-state index contributed by atoms with van der Waals surface area (Å²) in [6.07, 6.45) is 13.5. The van der Waals surface area contributed by atoms with Crippen LogP contribution in [0.1, 0.15) is 78.1 Å². The van der Waals surface area contributed by atoms with Gasteiger partial charge in [-0.25, -0.2) is 0 Å². The Bertz CT molecular complexity index is 492. The predicted octanol–water partition coefficient (Wildman–Crippen LogP) is 4.64. The van der Waals surface area contributed by atoms with Gasteiger partial charge >= 0.3 is 5.97 Å². The van der Waals surface area contributed by atoms with Crippen LogP contribution in [-0.4, -0.2) is 36.1 Å². The van der Waals surface area contributed by atoms with Crippen molar-refractivity contribution in [3.05, 3.63) is 0 Å². The number of likely N-dealkylation sites (tertiary alicyclic amines) is 1. The Hall–Kier alpha value is -0.570. The number of cyclic esters (lactones) is 1. The summed E-state index contributed by atoms with van der Waals surface area (Å²) < 4.78 is 5.73. The monoisotopic (exact) mass is 347 g/mol. The van der Waals surface area contributed by atoms with Gasteiger partial charge in [0.2, 0.25) is 0 Å². The first-order chi connectivity index (χ1) is 12.1. The van der Waals surface area contributed by atoms with Crippen LogP contribution in [0, 0.1) is 29.6 Å². The van der Waals surface area contributed by atoms with Crippen LogP contribution >= 0.6 is 0 Å². The summed E-state index contributed by atoms with van der Waals surface area (Å²) in [5.74, 6) is 3.20. The van der Waals surface area contributed by atoms with Crippen molar-refractivity contribution in [1.82, 2.24) is 4.90 Å². The number of carbonyl (C=O) groups excluding carboxylic acids is 1. The van der Waals surface area contributed by atoms with Gasteiger partial charge in [0.25, 0.3) is 0 Å². The van der Waals surface area contributed by atoms with Crippen molar-refractivity contribution in [1.29, 1.82) is 0 Å². The van der Waals surface area contributed by atoms with E-state index in [1.165, 1.54) is 57.8 Å². The highest BCUT2D eigenvalue weighted by Gasteiger charge is 2.54. The number of hydrogen-bond acceptors (Lipinski definition) is 3. The molecule has 3 unspecified atom stereocenters. The number of esters is 1. The van der Waals surface area contributed by atoms with Crippen LogP contribution in [0.5, 0.6) is 0 Å². The lowest BCUT2D eigenvalue weighted by molar-refractivity contribution is -0.144. The first kappa shape index (κ1) is 17.8. The lowest BCUT2D eigenvalue weighted by Crippen LogP contribution is -2.46. The molecule has 0 aromatic carbocycles. The quantitative estimate of drug-likeness (QED) is 0.696. The Morgan fingerprint density at radius 1 is 1.04 bits per heavy atom. The maximum Gasteiger partial charge on any atom is 0.309 e. The molecule has 2 saturated carbocycles. The molecule has 4 aliphatic rings. The smallest absolute Gasteiger partial charge is 0.309 e. The Labute approximate surface area is 153 Å². The zero-order valence-corrected chi connectivity index (χ0v) is 16.5. The zero-order valence-electron chi connectivity index (χ0n) is 16.5. The number of ether oxygens (including phenoxy) is 1. The molecule has 3 nitrogen and oxygen atoms in total. The van der Waals surface area contributed by atoms with Crippen LogP contribution in [0.15, 0.2) is 0 Å². The van der Waals surface area contributed by atoms with Gasteiger partial charge in [0.05, 0.1) is 5.92 Å². The summed E-state index contributed by atoms with van der Waals surface area (Å²) in [5.41, 5.74) is 0. The molecule has 0 spiro atoms. The van der Waals surface area contributed by atoms with E-state index in [-0.39, 0.29) is 18.0 Å². The van der Waals surface area contributed by atoms with Gasteiger partial charge in [0, 0.05) is 18.0 Å². The first-order valence-electron chi connectivity index (χ1n) is 11.0. The molecular formula is C22H37NO2. The number of nitrogens with zero attached hydrogens (tertiary/aromatic N) is 1. The van der Waals surface area contributed by atoms with Crippen LogP contribution in [-0.2, 0) is 9.53 Å². The van der Waals surface area contributed by atoms with Crippen molar-refractivity contribution in [2.24, 2.45) is 29.6 Å². The molecule has 2 aliphatic heterocycles. The molecule has 4 rings (SSSR count). The van der Waals surface area contributed by atoms with E-state index >= 15 is 0 Å². The molecule has 3 heteroatoms. The highest BCUT2D eigenvalue weighted by Crippen LogP contribution is 2.54. The van der Waals surface area contributed by atoms with E-state index in [2.05, 4.69) is 25.8 Å². The summed E-state index contributed by atoms with van der Waals surface area (Å²) in [6.45, 7) is 4.54. The van der Waals surface area contributed by atoms with Gasteiger partial charge in [-0.05, 0) is 77.2 Å². The zero-order chi connectivity index (χ0) is 17.6. The molecule has 0 N–H and O–H groups in total. The number of rotatable bonds is 3. The maximum absolute atomic E-state index is 12.4. The number of hydrogen-bond donors (Lipinski definition) is 0. The van der Waals surface area contributed by atoms with Crippen LogP contribution in [0.25, 0.3) is 0 Å². The standard InChI is InChI=1S/C22H37NO2/c1-14-7-6-9-17(23(14)3)11-12-19-18-10-5-4-8-16(18)13-20-21(19)15(2)25-22(20)24/h14-21H,4-13H2,1-3H3/t14-,15?,16-,17+,18+,19-,20?,21?/m1/s1. The molecule has 2 aliphatic carbocycles. The maximum atomic E-state index is 12.4. The van der Waals surface area contributed by atoms with E-state index in [0.717, 1.165) is 36.3 Å². The summed E-state index contributed by atoms with van der Waals surface area (Å²) in [5, 5.41) is 0. The Kier molecular flexibility index (Phi) is 5.14. The third-order valence-electron chi connectivity index (χ3n) is 8.44. The minimum absolute atomic E-state index is 0.120. The second-order valence-electron chi connectivity index (χ2n) is 9.61. The van der Waals surface area contributed by atoms with Crippen molar-refractivity contribution >= 4 is 5.97 Å². The van der Waals surface area contributed by atoms with Crippen molar-refractivity contribution < 1.29 is 9.53 Å². The molecule has 4 fully saturated rings. The molecule has 0 bridgehead atoms. The molecule has 0 amide bonds. The third kappa shape index (κ3) is 3.26. The van der Waals surface area contributed by atoms with E-state index < -0.39 is 0 Å². The normalized spacial score (nSPS) is 47.9. The Morgan fingerprint density at radius 3 is 2.68 bits per heavy atom. The molecular weight excluding hydrogens is 310 g/mol. The van der Waals surface area contributed by atoms with Gasteiger partial charge in [-0.15, -0.1) is 0 Å². The Balaban J connectivity index is 1.49. The fourth-order valence-corrected chi connectivity index (χ4v) is 6.99. The Morgan fingerprint density at radius 2 is 1.84 bits per heavy atom. The SMILES string of the molecule is CC1OC(=O)C2C[C@H]3CCCC[C@@H]3[C@@H](CC[C@@H]3CCC[C@@H](C)N3C)C12. The molecule has 2 saturated heterocycles. The second kappa shape index (κ2) is 7.21.